The van der Waals surface area contributed by atoms with Crippen molar-refractivity contribution in [3.8, 4) is 5.75 Å². The molecular weight excluding hydrogens is 252 g/mol. The summed E-state index contributed by atoms with van der Waals surface area (Å²) >= 11 is 0. The second kappa shape index (κ2) is 6.20. The highest BCUT2D eigenvalue weighted by Crippen LogP contribution is 2.25. The fourth-order valence-electron chi connectivity index (χ4n) is 1.75. The van der Waals surface area contributed by atoms with Crippen molar-refractivity contribution in [2.24, 2.45) is 0 Å². The van der Waals surface area contributed by atoms with Gasteiger partial charge in [0, 0.05) is 12.0 Å². The number of methoxy groups -OCH3 is 1. The van der Waals surface area contributed by atoms with Gasteiger partial charge >= 0.3 is 0 Å². The summed E-state index contributed by atoms with van der Waals surface area (Å²) in [4.78, 5) is 0. The lowest BCUT2D eigenvalue weighted by atomic mass is 10.0. The van der Waals surface area contributed by atoms with E-state index in [1.807, 2.05) is 19.1 Å². The molecule has 0 amide bonds. The van der Waals surface area contributed by atoms with Crippen molar-refractivity contribution in [3.63, 3.8) is 0 Å². The average Bonchev–Trinajstić information content (AvgIpc) is 2.27. The smallest absolute Gasteiger partial charge is 0.147 e. The zero-order valence-corrected chi connectivity index (χ0v) is 11.8. The van der Waals surface area contributed by atoms with Crippen molar-refractivity contribution in [2.75, 3.05) is 19.1 Å². The number of aliphatic hydroxyl groups is 1. The second-order valence-electron chi connectivity index (χ2n) is 4.52. The minimum Gasteiger partial charge on any atom is -0.496 e. The first-order valence-corrected chi connectivity index (χ1v) is 7.90. The molecule has 0 spiro atoms. The van der Waals surface area contributed by atoms with E-state index in [4.69, 9.17) is 4.74 Å². The van der Waals surface area contributed by atoms with Crippen LogP contribution in [0.4, 0.5) is 0 Å². The minimum atomic E-state index is -2.96. The van der Waals surface area contributed by atoms with Gasteiger partial charge in [-0.1, -0.05) is 12.1 Å². The molecule has 0 aliphatic heterocycles. The molecule has 0 saturated carbocycles. The maximum absolute atomic E-state index is 11.0. The lowest BCUT2D eigenvalue weighted by Gasteiger charge is -2.13. The molecule has 5 heteroatoms. The Morgan fingerprint density at radius 2 is 2.06 bits per heavy atom. The minimum absolute atomic E-state index is 0.104. The van der Waals surface area contributed by atoms with Gasteiger partial charge in [-0.15, -0.1) is 0 Å². The van der Waals surface area contributed by atoms with Crippen LogP contribution in [0.15, 0.2) is 18.2 Å². The summed E-state index contributed by atoms with van der Waals surface area (Å²) in [5.74, 6) is 0.835. The number of rotatable bonds is 6. The summed E-state index contributed by atoms with van der Waals surface area (Å²) in [6.45, 7) is 1.93. The van der Waals surface area contributed by atoms with Crippen molar-refractivity contribution < 1.29 is 18.3 Å². The quantitative estimate of drug-likeness (QED) is 0.858. The molecule has 1 atom stereocenters. The third-order valence-electron chi connectivity index (χ3n) is 2.81. The molecule has 4 nitrogen and oxygen atoms in total. The van der Waals surface area contributed by atoms with E-state index < -0.39 is 15.9 Å². The maximum atomic E-state index is 11.0. The summed E-state index contributed by atoms with van der Waals surface area (Å²) in [7, 11) is -1.37. The zero-order valence-electron chi connectivity index (χ0n) is 11.0. The Morgan fingerprint density at radius 3 is 2.61 bits per heavy atom. The Kier molecular flexibility index (Phi) is 5.16. The van der Waals surface area contributed by atoms with Crippen LogP contribution >= 0.6 is 0 Å². The van der Waals surface area contributed by atoms with E-state index in [0.29, 0.717) is 12.8 Å². The molecule has 18 heavy (non-hydrogen) atoms. The van der Waals surface area contributed by atoms with E-state index in [-0.39, 0.29) is 5.75 Å². The highest BCUT2D eigenvalue weighted by Gasteiger charge is 2.11. The van der Waals surface area contributed by atoms with E-state index in [9.17, 15) is 13.5 Å². The van der Waals surface area contributed by atoms with Crippen molar-refractivity contribution >= 4 is 9.84 Å². The summed E-state index contributed by atoms with van der Waals surface area (Å²) in [6.07, 6.45) is 1.44. The van der Waals surface area contributed by atoms with Crippen molar-refractivity contribution in [3.05, 3.63) is 29.3 Å². The maximum Gasteiger partial charge on any atom is 0.147 e. The van der Waals surface area contributed by atoms with E-state index in [1.165, 1.54) is 6.26 Å². The Bertz CT molecular complexity index is 494. The number of aryl methyl sites for hydroxylation is 1. The van der Waals surface area contributed by atoms with Gasteiger partial charge in [0.05, 0.1) is 13.2 Å². The van der Waals surface area contributed by atoms with Crippen LogP contribution in [-0.4, -0.2) is 32.6 Å². The third-order valence-corrected chi connectivity index (χ3v) is 3.84. The number of sulfone groups is 1. The first kappa shape index (κ1) is 15.0. The monoisotopic (exact) mass is 272 g/mol. The molecular formula is C13H20O4S. The molecule has 0 aliphatic rings. The van der Waals surface area contributed by atoms with Crippen LogP contribution < -0.4 is 4.74 Å². The van der Waals surface area contributed by atoms with Gasteiger partial charge in [0.25, 0.3) is 0 Å². The summed E-state index contributed by atoms with van der Waals surface area (Å²) < 4.78 is 27.2. The summed E-state index contributed by atoms with van der Waals surface area (Å²) in [5, 5.41) is 9.98. The molecule has 102 valence electrons. The van der Waals surface area contributed by atoms with E-state index in [1.54, 1.807) is 13.2 Å². The fraction of sp³-hybridized carbons (Fsp3) is 0.538. The molecule has 0 fully saturated rings. The van der Waals surface area contributed by atoms with Gasteiger partial charge in [0.1, 0.15) is 15.6 Å². The van der Waals surface area contributed by atoms with Crippen LogP contribution in [0, 0.1) is 6.92 Å². The number of aliphatic hydroxyl groups excluding tert-OH is 1. The van der Waals surface area contributed by atoms with Crippen LogP contribution in [-0.2, 0) is 9.84 Å². The van der Waals surface area contributed by atoms with Gasteiger partial charge in [-0.3, -0.25) is 0 Å². The van der Waals surface area contributed by atoms with Crippen molar-refractivity contribution in [1.29, 1.82) is 0 Å². The third kappa shape index (κ3) is 4.66. The molecule has 1 aromatic carbocycles. The normalized spacial score (nSPS) is 13.3. The largest absolute Gasteiger partial charge is 0.496 e. The topological polar surface area (TPSA) is 63.6 Å². The van der Waals surface area contributed by atoms with Crippen LogP contribution in [0.25, 0.3) is 0 Å². The Labute approximate surface area is 109 Å². The predicted octanol–water partition coefficient (Wildman–Crippen LogP) is 1.86. The molecule has 1 unspecified atom stereocenters. The molecule has 0 bridgehead atoms. The van der Waals surface area contributed by atoms with Crippen molar-refractivity contribution in [1.82, 2.24) is 0 Å². The second-order valence-corrected chi connectivity index (χ2v) is 6.78. The molecule has 0 saturated heterocycles. The highest BCUT2D eigenvalue weighted by molar-refractivity contribution is 7.90. The van der Waals surface area contributed by atoms with Crippen LogP contribution in [0.2, 0.25) is 0 Å². The van der Waals surface area contributed by atoms with Gasteiger partial charge in [-0.25, -0.2) is 8.42 Å². The average molecular weight is 272 g/mol. The zero-order chi connectivity index (χ0) is 13.8. The molecule has 0 radical (unpaired) electrons. The Morgan fingerprint density at radius 1 is 1.39 bits per heavy atom. The molecule has 0 heterocycles. The SMILES string of the molecule is COc1cc(C(O)CCCS(C)(=O)=O)ccc1C. The van der Waals surface area contributed by atoms with E-state index in [0.717, 1.165) is 16.9 Å². The van der Waals surface area contributed by atoms with Gasteiger partial charge < -0.3 is 9.84 Å². The molecule has 1 N–H and O–H groups in total. The van der Waals surface area contributed by atoms with Gasteiger partial charge in [0.15, 0.2) is 0 Å². The van der Waals surface area contributed by atoms with Crippen molar-refractivity contribution in [2.45, 2.75) is 25.9 Å². The number of ether oxygens (including phenoxy) is 1. The van der Waals surface area contributed by atoms with Crippen LogP contribution in [0.1, 0.15) is 30.1 Å². The lowest BCUT2D eigenvalue weighted by molar-refractivity contribution is 0.166. The predicted molar refractivity (Wildman–Crippen MR) is 71.6 cm³/mol. The Balaban J connectivity index is 2.64. The first-order valence-electron chi connectivity index (χ1n) is 5.84. The van der Waals surface area contributed by atoms with E-state index in [2.05, 4.69) is 0 Å². The van der Waals surface area contributed by atoms with Gasteiger partial charge in [-0.2, -0.15) is 0 Å². The molecule has 0 aromatic heterocycles. The standard InChI is InChI=1S/C13H20O4S/c1-10-6-7-11(9-13(10)17-2)12(14)5-4-8-18(3,15)16/h6-7,9,12,14H,4-5,8H2,1-3H3. The van der Waals surface area contributed by atoms with Crippen LogP contribution in [0.5, 0.6) is 5.75 Å². The molecule has 1 rings (SSSR count). The molecule has 0 aliphatic carbocycles. The molecule has 1 aromatic rings. The number of benzene rings is 1. The van der Waals surface area contributed by atoms with Gasteiger partial charge in [0.2, 0.25) is 0 Å². The van der Waals surface area contributed by atoms with E-state index >= 15 is 0 Å². The fourth-order valence-corrected chi connectivity index (χ4v) is 2.44. The van der Waals surface area contributed by atoms with Gasteiger partial charge in [-0.05, 0) is 37.0 Å². The first-order chi connectivity index (χ1) is 8.33. The lowest BCUT2D eigenvalue weighted by Crippen LogP contribution is -2.06. The summed E-state index contributed by atoms with van der Waals surface area (Å²) in [5.41, 5.74) is 1.76. The Hall–Kier alpha value is -1.07. The number of hydrogen-bond acceptors (Lipinski definition) is 4. The highest BCUT2D eigenvalue weighted by atomic mass is 32.2. The summed E-state index contributed by atoms with van der Waals surface area (Å²) in [6, 6.07) is 5.51. The van der Waals surface area contributed by atoms with Crippen LogP contribution in [0.3, 0.4) is 0 Å². The number of hydrogen-bond donors (Lipinski definition) is 1.